The minimum absolute atomic E-state index is 0.506. The van der Waals surface area contributed by atoms with Crippen LogP contribution in [0.1, 0.15) is 0 Å². The third-order valence-corrected chi connectivity index (χ3v) is 11.6. The summed E-state index contributed by atoms with van der Waals surface area (Å²) in [4.78, 5) is 17.9. The van der Waals surface area contributed by atoms with Gasteiger partial charge in [-0.1, -0.05) is 158 Å². The Bertz CT molecular complexity index is 3470. The normalized spacial score (nSPS) is 11.6. The lowest BCUT2D eigenvalue weighted by molar-refractivity contribution is 0.671. The molecule has 0 N–H and O–H groups in total. The number of fused-ring (bicyclic) bond motifs is 9. The Balaban J connectivity index is 1.20. The van der Waals surface area contributed by atoms with E-state index in [1.165, 1.54) is 5.39 Å². The zero-order valence-electron chi connectivity index (χ0n) is 32.9. The summed E-state index contributed by atoms with van der Waals surface area (Å²) in [6.07, 6.45) is 0. The lowest BCUT2D eigenvalue weighted by Gasteiger charge is -2.25. The van der Waals surface area contributed by atoms with Crippen molar-refractivity contribution >= 4 is 71.6 Å². The molecule has 3 aromatic heterocycles. The molecule has 0 aliphatic carbocycles. The Kier molecular flexibility index (Phi) is 8.06. The van der Waals surface area contributed by atoms with Crippen LogP contribution in [0.5, 0.6) is 0 Å². The smallest absolute Gasteiger partial charge is 0.238 e. The molecule has 61 heavy (non-hydrogen) atoms. The number of benzene rings is 9. The lowest BCUT2D eigenvalue weighted by atomic mass is 9.95. The molecule has 6 heteroatoms. The van der Waals surface area contributed by atoms with E-state index >= 15 is 0 Å². The topological polar surface area (TPSA) is 60.0 Å². The third-order valence-electron chi connectivity index (χ3n) is 11.6. The molecule has 286 valence electrons. The van der Waals surface area contributed by atoms with Gasteiger partial charge in [0.25, 0.3) is 0 Å². The maximum atomic E-state index is 7.17. The first kappa shape index (κ1) is 34.7. The summed E-state index contributed by atoms with van der Waals surface area (Å²) in [5, 5.41) is 6.49. The van der Waals surface area contributed by atoms with Crippen LogP contribution in [0, 0.1) is 0 Å². The van der Waals surface area contributed by atoms with E-state index in [1.807, 2.05) is 60.7 Å². The molecule has 0 saturated heterocycles. The predicted molar refractivity (Wildman–Crippen MR) is 250 cm³/mol. The van der Waals surface area contributed by atoms with Crippen LogP contribution in [0.4, 0.5) is 17.1 Å². The van der Waals surface area contributed by atoms with Gasteiger partial charge in [-0.2, -0.15) is 9.97 Å². The summed E-state index contributed by atoms with van der Waals surface area (Å²) in [5.74, 6) is 1.68. The van der Waals surface area contributed by atoms with Crippen molar-refractivity contribution in [2.75, 3.05) is 4.90 Å². The van der Waals surface area contributed by atoms with E-state index in [2.05, 4.69) is 161 Å². The molecule has 6 nitrogen and oxygen atoms in total. The van der Waals surface area contributed by atoms with Crippen molar-refractivity contribution in [3.63, 3.8) is 0 Å². The highest BCUT2D eigenvalue weighted by atomic mass is 16.3. The summed E-state index contributed by atoms with van der Waals surface area (Å²) in [7, 11) is 0. The minimum Gasteiger partial charge on any atom is -0.454 e. The maximum absolute atomic E-state index is 7.17. The molecule has 0 aliphatic rings. The molecule has 3 heterocycles. The predicted octanol–water partition coefficient (Wildman–Crippen LogP) is 14.5. The van der Waals surface area contributed by atoms with Crippen molar-refractivity contribution in [1.82, 2.24) is 19.5 Å². The van der Waals surface area contributed by atoms with Crippen molar-refractivity contribution < 1.29 is 4.42 Å². The largest absolute Gasteiger partial charge is 0.454 e. The molecule has 0 aliphatic heterocycles. The number of nitrogens with zero attached hydrogens (tertiary/aromatic N) is 5. The number of hydrogen-bond acceptors (Lipinski definition) is 5. The average molecular weight is 782 g/mol. The highest BCUT2D eigenvalue weighted by molar-refractivity contribution is 6.27. The Hall–Kier alpha value is -8.35. The average Bonchev–Trinajstić information content (AvgIpc) is 3.89. The molecule has 0 unspecified atom stereocenters. The van der Waals surface area contributed by atoms with Gasteiger partial charge in [0.2, 0.25) is 5.95 Å². The SMILES string of the molecule is c1ccc(-c2nc(-c3ccccc3)nc(-n3c4ccc(N(c5ccccc5)c5ccccc5)cc4c4ccc5c(oc6cc(-c7ccccc7)c7ccccc7c65)c43)n2)cc1. The van der Waals surface area contributed by atoms with Crippen LogP contribution >= 0.6 is 0 Å². The quantitative estimate of drug-likeness (QED) is 0.161. The summed E-state index contributed by atoms with van der Waals surface area (Å²) in [6.45, 7) is 0. The molecule has 0 fully saturated rings. The second-order valence-corrected chi connectivity index (χ2v) is 15.2. The summed E-state index contributed by atoms with van der Waals surface area (Å²) in [6, 6.07) is 73.7. The Morgan fingerprint density at radius 3 is 1.52 bits per heavy atom. The Morgan fingerprint density at radius 1 is 0.393 bits per heavy atom. The van der Waals surface area contributed by atoms with Crippen LogP contribution < -0.4 is 4.90 Å². The van der Waals surface area contributed by atoms with Crippen molar-refractivity contribution in [1.29, 1.82) is 0 Å². The fourth-order valence-corrected chi connectivity index (χ4v) is 8.89. The zero-order chi connectivity index (χ0) is 40.3. The Morgan fingerprint density at radius 2 is 0.918 bits per heavy atom. The number of aromatic nitrogens is 4. The minimum atomic E-state index is 0.506. The van der Waals surface area contributed by atoms with Gasteiger partial charge >= 0.3 is 0 Å². The van der Waals surface area contributed by atoms with E-state index in [1.54, 1.807) is 0 Å². The standard InChI is InChI=1S/C55H35N5O/c1-6-18-36(19-7-1)46-35-49-50(43-29-17-16-28-42(43)46)45-32-31-44-47-34-41(59(39-24-12-4-13-25-39)40-26-14-5-15-27-40)30-33-48(47)60(51(44)52(45)61-49)55-57-53(37-20-8-2-9-21-37)56-54(58-55)38-22-10-3-11-23-38/h1-35H. The highest BCUT2D eigenvalue weighted by Gasteiger charge is 2.25. The van der Waals surface area contributed by atoms with E-state index in [9.17, 15) is 0 Å². The van der Waals surface area contributed by atoms with Crippen LogP contribution in [0.15, 0.2) is 217 Å². The van der Waals surface area contributed by atoms with Gasteiger partial charge in [-0.15, -0.1) is 0 Å². The monoisotopic (exact) mass is 781 g/mol. The summed E-state index contributed by atoms with van der Waals surface area (Å²) >= 11 is 0. The van der Waals surface area contributed by atoms with Crippen LogP contribution in [0.2, 0.25) is 0 Å². The molecule has 0 bridgehead atoms. The molecule has 0 atom stereocenters. The van der Waals surface area contributed by atoms with Crippen molar-refractivity contribution in [2.24, 2.45) is 0 Å². The number of rotatable bonds is 7. The van der Waals surface area contributed by atoms with Crippen LogP contribution in [0.3, 0.4) is 0 Å². The molecule has 0 saturated carbocycles. The molecular weight excluding hydrogens is 747 g/mol. The number of furan rings is 1. The van der Waals surface area contributed by atoms with Gasteiger partial charge in [0, 0.05) is 49.7 Å². The fourth-order valence-electron chi connectivity index (χ4n) is 8.89. The number of hydrogen-bond donors (Lipinski definition) is 0. The van der Waals surface area contributed by atoms with Crippen LogP contribution in [-0.4, -0.2) is 19.5 Å². The van der Waals surface area contributed by atoms with Gasteiger partial charge in [0.1, 0.15) is 11.1 Å². The Labute approximate surface area is 351 Å². The van der Waals surface area contributed by atoms with E-state index in [0.29, 0.717) is 17.6 Å². The highest BCUT2D eigenvalue weighted by Crippen LogP contribution is 2.46. The van der Waals surface area contributed by atoms with Gasteiger partial charge in [-0.25, -0.2) is 4.98 Å². The van der Waals surface area contributed by atoms with Gasteiger partial charge in [0.15, 0.2) is 17.2 Å². The maximum Gasteiger partial charge on any atom is 0.238 e. The molecule has 0 radical (unpaired) electrons. The van der Waals surface area contributed by atoms with Crippen LogP contribution in [-0.2, 0) is 0 Å². The molecule has 12 aromatic rings. The first-order valence-electron chi connectivity index (χ1n) is 20.4. The van der Waals surface area contributed by atoms with E-state index in [4.69, 9.17) is 19.4 Å². The second-order valence-electron chi connectivity index (χ2n) is 15.2. The number of anilines is 3. The van der Waals surface area contributed by atoms with E-state index in [-0.39, 0.29) is 0 Å². The number of para-hydroxylation sites is 2. The van der Waals surface area contributed by atoms with Crippen molar-refractivity contribution in [3.05, 3.63) is 212 Å². The molecule has 12 rings (SSSR count). The van der Waals surface area contributed by atoms with E-state index in [0.717, 1.165) is 88.4 Å². The summed E-state index contributed by atoms with van der Waals surface area (Å²) in [5.41, 5.74) is 10.7. The fraction of sp³-hybridized carbons (Fsp3) is 0. The molecule has 0 amide bonds. The van der Waals surface area contributed by atoms with Crippen molar-refractivity contribution in [2.45, 2.75) is 0 Å². The molecule has 0 spiro atoms. The van der Waals surface area contributed by atoms with Gasteiger partial charge in [-0.05, 0) is 76.5 Å². The first-order valence-corrected chi connectivity index (χ1v) is 20.4. The summed E-state index contributed by atoms with van der Waals surface area (Å²) < 4.78 is 9.35. The zero-order valence-corrected chi connectivity index (χ0v) is 32.9. The second kappa shape index (κ2) is 14.2. The first-order chi connectivity index (χ1) is 30.3. The third kappa shape index (κ3) is 5.76. The van der Waals surface area contributed by atoms with Gasteiger partial charge < -0.3 is 9.32 Å². The lowest BCUT2D eigenvalue weighted by Crippen LogP contribution is -2.09. The van der Waals surface area contributed by atoms with Gasteiger partial charge in [-0.3, -0.25) is 4.57 Å². The van der Waals surface area contributed by atoms with E-state index < -0.39 is 0 Å². The molecular formula is C55H35N5O. The molecule has 9 aromatic carbocycles. The van der Waals surface area contributed by atoms with Crippen LogP contribution in [0.25, 0.3) is 94.4 Å². The van der Waals surface area contributed by atoms with Crippen molar-refractivity contribution in [3.8, 4) is 39.9 Å². The van der Waals surface area contributed by atoms with Gasteiger partial charge in [0.05, 0.1) is 5.52 Å².